The van der Waals surface area contributed by atoms with Gasteiger partial charge in [0.25, 0.3) is 5.91 Å². The molecular formula is C10H17N3O2. The molecule has 1 atom stereocenters. The second-order valence-corrected chi connectivity index (χ2v) is 4.34. The molecule has 1 spiro atoms. The van der Waals surface area contributed by atoms with E-state index in [4.69, 9.17) is 0 Å². The van der Waals surface area contributed by atoms with Gasteiger partial charge < -0.3 is 10.2 Å². The molecule has 2 aliphatic rings. The number of nitrogens with zero attached hydrogens (tertiary/aromatic N) is 2. The van der Waals surface area contributed by atoms with Gasteiger partial charge in [0.1, 0.15) is 5.54 Å². The van der Waals surface area contributed by atoms with E-state index < -0.39 is 5.54 Å². The zero-order chi connectivity index (χ0) is 11.1. The van der Waals surface area contributed by atoms with E-state index in [1.54, 1.807) is 19.0 Å². The van der Waals surface area contributed by atoms with Gasteiger partial charge in [-0.3, -0.25) is 9.69 Å². The molecule has 0 aromatic carbocycles. The van der Waals surface area contributed by atoms with Crippen LogP contribution in [0.2, 0.25) is 0 Å². The molecule has 2 aliphatic heterocycles. The molecule has 2 fully saturated rings. The molecule has 0 aromatic heterocycles. The Kier molecular flexibility index (Phi) is 2.42. The summed E-state index contributed by atoms with van der Waals surface area (Å²) in [5.74, 6) is -0.0429. The van der Waals surface area contributed by atoms with Gasteiger partial charge in [-0.1, -0.05) is 0 Å². The minimum absolute atomic E-state index is 0.0429. The normalized spacial score (nSPS) is 32.7. The van der Waals surface area contributed by atoms with E-state index >= 15 is 0 Å². The predicted molar refractivity (Wildman–Crippen MR) is 55.4 cm³/mol. The van der Waals surface area contributed by atoms with Gasteiger partial charge in [-0.25, -0.2) is 4.79 Å². The number of hydrogen-bond acceptors (Lipinski definition) is 3. The Morgan fingerprint density at radius 2 is 1.93 bits per heavy atom. The summed E-state index contributed by atoms with van der Waals surface area (Å²) >= 11 is 0. The summed E-state index contributed by atoms with van der Waals surface area (Å²) < 4.78 is 0. The van der Waals surface area contributed by atoms with Crippen LogP contribution < -0.4 is 5.32 Å². The van der Waals surface area contributed by atoms with Crippen molar-refractivity contribution in [3.8, 4) is 0 Å². The van der Waals surface area contributed by atoms with Crippen molar-refractivity contribution < 1.29 is 9.59 Å². The molecule has 0 aromatic rings. The molecule has 0 radical (unpaired) electrons. The Balaban J connectivity index is 2.32. The van der Waals surface area contributed by atoms with Crippen molar-refractivity contribution in [2.24, 2.45) is 0 Å². The van der Waals surface area contributed by atoms with Gasteiger partial charge in [0.15, 0.2) is 0 Å². The second-order valence-electron chi connectivity index (χ2n) is 4.34. The maximum Gasteiger partial charge on any atom is 0.327 e. The average molecular weight is 211 g/mol. The largest absolute Gasteiger partial charge is 0.327 e. The van der Waals surface area contributed by atoms with Crippen LogP contribution in [0.1, 0.15) is 19.3 Å². The van der Waals surface area contributed by atoms with E-state index in [0.29, 0.717) is 0 Å². The van der Waals surface area contributed by atoms with Crippen LogP contribution in [0.15, 0.2) is 0 Å². The standard InChI is InChI=1S/C10H17N3O2/c1-12-8(14)10(13(2)9(12)15)4-3-6-11-7-5-10/h11H,3-7H2,1-2H3. The van der Waals surface area contributed by atoms with Gasteiger partial charge in [-0.05, 0) is 32.4 Å². The van der Waals surface area contributed by atoms with Crippen LogP contribution in [-0.4, -0.2) is 54.5 Å². The molecule has 84 valence electrons. The van der Waals surface area contributed by atoms with Gasteiger partial charge >= 0.3 is 6.03 Å². The second kappa shape index (κ2) is 3.48. The number of carbonyl (C=O) groups is 2. The van der Waals surface area contributed by atoms with Crippen molar-refractivity contribution in [3.63, 3.8) is 0 Å². The molecule has 5 nitrogen and oxygen atoms in total. The fraction of sp³-hybridized carbons (Fsp3) is 0.800. The van der Waals surface area contributed by atoms with Crippen molar-refractivity contribution >= 4 is 11.9 Å². The van der Waals surface area contributed by atoms with Gasteiger partial charge in [-0.15, -0.1) is 0 Å². The molecule has 2 rings (SSSR count). The first-order valence-corrected chi connectivity index (χ1v) is 5.36. The highest BCUT2D eigenvalue weighted by Gasteiger charge is 2.53. The Hall–Kier alpha value is -1.10. The molecule has 0 bridgehead atoms. The van der Waals surface area contributed by atoms with Crippen LogP contribution in [0.5, 0.6) is 0 Å². The van der Waals surface area contributed by atoms with E-state index in [9.17, 15) is 9.59 Å². The summed E-state index contributed by atoms with van der Waals surface area (Å²) in [6.07, 6.45) is 2.43. The molecule has 2 heterocycles. The van der Waals surface area contributed by atoms with Crippen molar-refractivity contribution in [1.82, 2.24) is 15.1 Å². The van der Waals surface area contributed by atoms with Gasteiger partial charge in [0.05, 0.1) is 0 Å². The van der Waals surface area contributed by atoms with E-state index in [1.165, 1.54) is 4.90 Å². The van der Waals surface area contributed by atoms with Gasteiger partial charge in [-0.2, -0.15) is 0 Å². The van der Waals surface area contributed by atoms with E-state index in [1.807, 2.05) is 0 Å². The molecule has 15 heavy (non-hydrogen) atoms. The predicted octanol–water partition coefficient (Wildman–Crippen LogP) is 0.0225. The smallest absolute Gasteiger partial charge is 0.317 e. The SMILES string of the molecule is CN1C(=O)N(C)C2(CCCNCC2)C1=O. The van der Waals surface area contributed by atoms with E-state index in [2.05, 4.69) is 5.32 Å². The first-order chi connectivity index (χ1) is 7.09. The highest BCUT2D eigenvalue weighted by atomic mass is 16.2. The summed E-state index contributed by atoms with van der Waals surface area (Å²) in [5, 5.41) is 3.26. The monoisotopic (exact) mass is 211 g/mol. The van der Waals surface area contributed by atoms with Crippen LogP contribution in [0.25, 0.3) is 0 Å². The molecule has 1 N–H and O–H groups in total. The maximum absolute atomic E-state index is 12.1. The molecule has 0 saturated carbocycles. The van der Waals surface area contributed by atoms with E-state index in [-0.39, 0.29) is 11.9 Å². The summed E-state index contributed by atoms with van der Waals surface area (Å²) in [6, 6.07) is -0.179. The Morgan fingerprint density at radius 1 is 1.20 bits per heavy atom. The number of amides is 3. The van der Waals surface area contributed by atoms with Crippen LogP contribution in [0, 0.1) is 0 Å². The van der Waals surface area contributed by atoms with E-state index in [0.717, 1.165) is 32.4 Å². The fourth-order valence-corrected chi connectivity index (χ4v) is 2.55. The lowest BCUT2D eigenvalue weighted by molar-refractivity contribution is -0.132. The Bertz CT molecular complexity index is 295. The lowest BCUT2D eigenvalue weighted by Gasteiger charge is -2.31. The molecular weight excluding hydrogens is 194 g/mol. The minimum Gasteiger partial charge on any atom is -0.317 e. The third-order valence-corrected chi connectivity index (χ3v) is 3.58. The number of nitrogens with one attached hydrogen (secondary N) is 1. The number of urea groups is 1. The Labute approximate surface area is 89.4 Å². The van der Waals surface area contributed by atoms with Crippen molar-refractivity contribution in [3.05, 3.63) is 0 Å². The fourth-order valence-electron chi connectivity index (χ4n) is 2.55. The van der Waals surface area contributed by atoms with Crippen LogP contribution in [0.3, 0.4) is 0 Å². The molecule has 2 saturated heterocycles. The topological polar surface area (TPSA) is 52.7 Å². The number of likely N-dealkylation sites (N-methyl/N-ethyl adjacent to an activating group) is 2. The number of hydrogen-bond donors (Lipinski definition) is 1. The van der Waals surface area contributed by atoms with Crippen molar-refractivity contribution in [2.75, 3.05) is 27.2 Å². The van der Waals surface area contributed by atoms with Crippen molar-refractivity contribution in [2.45, 2.75) is 24.8 Å². The number of imide groups is 1. The number of rotatable bonds is 0. The third-order valence-electron chi connectivity index (χ3n) is 3.58. The first kappa shape index (κ1) is 10.4. The summed E-state index contributed by atoms with van der Waals surface area (Å²) in [7, 11) is 3.29. The quantitative estimate of drug-likeness (QED) is 0.575. The lowest BCUT2D eigenvalue weighted by atomic mass is 9.89. The summed E-state index contributed by atoms with van der Waals surface area (Å²) in [6.45, 7) is 1.73. The third kappa shape index (κ3) is 1.33. The van der Waals surface area contributed by atoms with Crippen molar-refractivity contribution in [1.29, 1.82) is 0 Å². The van der Waals surface area contributed by atoms with Crippen LogP contribution in [-0.2, 0) is 4.79 Å². The van der Waals surface area contributed by atoms with Crippen LogP contribution >= 0.6 is 0 Å². The number of carbonyl (C=O) groups excluding carboxylic acids is 2. The zero-order valence-electron chi connectivity index (χ0n) is 9.25. The first-order valence-electron chi connectivity index (χ1n) is 5.36. The summed E-state index contributed by atoms with van der Waals surface area (Å²) in [4.78, 5) is 26.7. The molecule has 0 aliphatic carbocycles. The van der Waals surface area contributed by atoms with Gasteiger partial charge in [0.2, 0.25) is 0 Å². The zero-order valence-corrected chi connectivity index (χ0v) is 9.25. The summed E-state index contributed by atoms with van der Waals surface area (Å²) in [5.41, 5.74) is -0.574. The highest BCUT2D eigenvalue weighted by molar-refractivity contribution is 6.06. The highest BCUT2D eigenvalue weighted by Crippen LogP contribution is 2.33. The lowest BCUT2D eigenvalue weighted by Crippen LogP contribution is -2.48. The Morgan fingerprint density at radius 3 is 2.53 bits per heavy atom. The van der Waals surface area contributed by atoms with Crippen LogP contribution in [0.4, 0.5) is 4.79 Å². The maximum atomic E-state index is 12.1. The molecule has 5 heteroatoms. The molecule has 1 unspecified atom stereocenters. The average Bonchev–Trinajstić information content (AvgIpc) is 2.49. The molecule has 3 amide bonds. The van der Waals surface area contributed by atoms with Gasteiger partial charge in [0, 0.05) is 14.1 Å². The minimum atomic E-state index is -0.574.